The van der Waals surface area contributed by atoms with Crippen molar-refractivity contribution in [2.24, 2.45) is 5.10 Å². The third kappa shape index (κ3) is 4.35. The predicted molar refractivity (Wildman–Crippen MR) is 112 cm³/mol. The molecule has 1 N–H and O–H groups in total. The van der Waals surface area contributed by atoms with E-state index in [1.165, 1.54) is 31.3 Å². The number of fused-ring (bicyclic) bond motifs is 1. The summed E-state index contributed by atoms with van der Waals surface area (Å²) in [5, 5.41) is 24.6. The molecule has 1 heterocycles. The zero-order valence-corrected chi connectivity index (χ0v) is 17.4. The Labute approximate surface area is 177 Å². The van der Waals surface area contributed by atoms with E-state index in [2.05, 4.69) is 26.0 Å². The van der Waals surface area contributed by atoms with E-state index in [1.54, 1.807) is 25.1 Å². The maximum atomic E-state index is 12.8. The summed E-state index contributed by atoms with van der Waals surface area (Å²) in [6, 6.07) is 8.73. The van der Waals surface area contributed by atoms with Crippen molar-refractivity contribution in [1.29, 1.82) is 0 Å². The van der Waals surface area contributed by atoms with Crippen LogP contribution in [0.2, 0.25) is 0 Å². The second kappa shape index (κ2) is 8.41. The number of benzene rings is 2. The second-order valence-corrected chi connectivity index (χ2v) is 7.18. The number of hydrogen-bond donors (Lipinski definition) is 1. The number of nitro benzene ring substituents is 1. The van der Waals surface area contributed by atoms with E-state index in [0.717, 1.165) is 4.68 Å². The molecule has 0 aliphatic rings. The number of non-ortho nitro benzene ring substituents is 1. The Morgan fingerprint density at radius 1 is 1.37 bits per heavy atom. The molecule has 0 fully saturated rings. The molecule has 10 nitrogen and oxygen atoms in total. The molecule has 0 radical (unpaired) electrons. The largest absolute Gasteiger partial charge is 0.479 e. The van der Waals surface area contributed by atoms with Crippen molar-refractivity contribution in [1.82, 2.24) is 9.66 Å². The molecule has 11 heteroatoms. The second-order valence-electron chi connectivity index (χ2n) is 6.26. The lowest BCUT2D eigenvalue weighted by Gasteiger charge is -2.12. The van der Waals surface area contributed by atoms with Gasteiger partial charge in [-0.15, -0.1) is 0 Å². The van der Waals surface area contributed by atoms with Crippen molar-refractivity contribution >= 4 is 44.7 Å². The van der Waals surface area contributed by atoms with Crippen LogP contribution in [-0.2, 0) is 4.79 Å². The predicted octanol–water partition coefficient (Wildman–Crippen LogP) is 3.11. The maximum Gasteiger partial charge on any atom is 0.344 e. The lowest BCUT2D eigenvalue weighted by atomic mass is 10.2. The van der Waals surface area contributed by atoms with Crippen LogP contribution in [0.15, 0.2) is 50.8 Å². The fourth-order valence-electron chi connectivity index (χ4n) is 2.61. The highest BCUT2D eigenvalue weighted by Gasteiger charge is 2.17. The summed E-state index contributed by atoms with van der Waals surface area (Å²) in [6.07, 6.45) is -0.000626. The molecule has 0 aliphatic heterocycles. The quantitative estimate of drug-likeness (QED) is 0.329. The molecule has 0 saturated heterocycles. The molecule has 0 bridgehead atoms. The third-order valence-electron chi connectivity index (χ3n) is 4.14. The number of aliphatic carboxylic acids is 1. The van der Waals surface area contributed by atoms with Gasteiger partial charge in [-0.2, -0.15) is 9.78 Å². The first-order valence-electron chi connectivity index (χ1n) is 8.58. The van der Waals surface area contributed by atoms with Crippen LogP contribution in [0.1, 0.15) is 18.3 Å². The minimum atomic E-state index is -1.20. The molecular weight excluding hydrogens is 460 g/mol. The first kappa shape index (κ1) is 21.1. The molecule has 3 aromatic rings. The Hall–Kier alpha value is -3.60. The molecule has 2 aromatic carbocycles. The molecule has 30 heavy (non-hydrogen) atoms. The van der Waals surface area contributed by atoms with Gasteiger partial charge in [0.15, 0.2) is 6.10 Å². The number of hydrogen-bond acceptors (Lipinski definition) is 7. The zero-order valence-electron chi connectivity index (χ0n) is 15.8. The van der Waals surface area contributed by atoms with Gasteiger partial charge in [0.05, 0.1) is 22.0 Å². The van der Waals surface area contributed by atoms with E-state index in [1.807, 2.05) is 0 Å². The van der Waals surface area contributed by atoms with Crippen LogP contribution in [0.3, 0.4) is 0 Å². The molecule has 0 spiro atoms. The summed E-state index contributed by atoms with van der Waals surface area (Å²) >= 11 is 3.31. The van der Waals surface area contributed by atoms with Gasteiger partial charge in [-0.1, -0.05) is 15.9 Å². The molecule has 0 aliphatic carbocycles. The molecule has 0 saturated carbocycles. The van der Waals surface area contributed by atoms with E-state index < -0.39 is 22.6 Å². The topological polar surface area (TPSA) is 137 Å². The van der Waals surface area contributed by atoms with Crippen LogP contribution in [0.5, 0.6) is 5.75 Å². The maximum absolute atomic E-state index is 12.8. The van der Waals surface area contributed by atoms with Crippen molar-refractivity contribution in [3.8, 4) is 5.75 Å². The van der Waals surface area contributed by atoms with Crippen molar-refractivity contribution < 1.29 is 19.6 Å². The zero-order chi connectivity index (χ0) is 22.0. The number of aromatic nitrogens is 2. The SMILES string of the molecule is Cc1nc2ccc(Br)cc2c(=O)n1N=Cc1cc([N+](=O)[O-])ccc1O[C@H](C)C(=O)O. The van der Waals surface area contributed by atoms with E-state index in [9.17, 15) is 19.7 Å². The summed E-state index contributed by atoms with van der Waals surface area (Å²) in [7, 11) is 0. The summed E-state index contributed by atoms with van der Waals surface area (Å²) < 4.78 is 7.11. The molecule has 3 rings (SSSR count). The standard InChI is InChI=1S/C19H15BrN4O6/c1-10(19(26)27)30-17-6-4-14(24(28)29)7-12(17)9-21-23-11(2)22-16-5-3-13(20)8-15(16)18(23)25/h3-10H,1-2H3,(H,26,27)/t10-/m1/s1. The van der Waals surface area contributed by atoms with E-state index >= 15 is 0 Å². The lowest BCUT2D eigenvalue weighted by molar-refractivity contribution is -0.384. The number of halogens is 1. The van der Waals surface area contributed by atoms with Crippen LogP contribution >= 0.6 is 15.9 Å². The van der Waals surface area contributed by atoms with E-state index in [4.69, 9.17) is 9.84 Å². The average Bonchev–Trinajstić information content (AvgIpc) is 2.69. The number of nitro groups is 1. The smallest absolute Gasteiger partial charge is 0.344 e. The van der Waals surface area contributed by atoms with E-state index in [0.29, 0.717) is 21.2 Å². The van der Waals surface area contributed by atoms with Gasteiger partial charge in [-0.05, 0) is 38.1 Å². The third-order valence-corrected chi connectivity index (χ3v) is 4.63. The van der Waals surface area contributed by atoms with Gasteiger partial charge >= 0.3 is 5.97 Å². The van der Waals surface area contributed by atoms with Gasteiger partial charge in [-0.25, -0.2) is 9.78 Å². The number of carbonyl (C=O) groups is 1. The summed E-state index contributed by atoms with van der Waals surface area (Å²) in [4.78, 5) is 38.8. The Bertz CT molecular complexity index is 1250. The highest BCUT2D eigenvalue weighted by Crippen LogP contribution is 2.24. The number of carboxylic acids is 1. The number of rotatable bonds is 6. The first-order chi connectivity index (χ1) is 14.2. The Kier molecular flexibility index (Phi) is 5.92. The van der Waals surface area contributed by atoms with E-state index in [-0.39, 0.29) is 17.0 Å². The summed E-state index contributed by atoms with van der Waals surface area (Å²) in [5.41, 5.74) is -0.0296. The molecular formula is C19H15BrN4O6. The van der Waals surface area contributed by atoms with Crippen LogP contribution in [0, 0.1) is 17.0 Å². The van der Waals surface area contributed by atoms with Crippen molar-refractivity contribution in [3.63, 3.8) is 0 Å². The number of ether oxygens (including phenoxy) is 1. The lowest BCUT2D eigenvalue weighted by Crippen LogP contribution is -2.23. The van der Waals surface area contributed by atoms with Gasteiger partial charge in [0.1, 0.15) is 11.6 Å². The molecule has 1 aromatic heterocycles. The number of nitrogens with zero attached hydrogens (tertiary/aromatic N) is 4. The highest BCUT2D eigenvalue weighted by atomic mass is 79.9. The van der Waals surface area contributed by atoms with Crippen LogP contribution in [-0.4, -0.2) is 38.0 Å². The van der Waals surface area contributed by atoms with Gasteiger partial charge < -0.3 is 9.84 Å². The summed E-state index contributed by atoms with van der Waals surface area (Å²) in [6.45, 7) is 2.92. The Morgan fingerprint density at radius 2 is 2.10 bits per heavy atom. The fourth-order valence-corrected chi connectivity index (χ4v) is 2.98. The highest BCUT2D eigenvalue weighted by molar-refractivity contribution is 9.10. The van der Waals surface area contributed by atoms with Crippen molar-refractivity contribution in [3.05, 3.63) is 72.7 Å². The van der Waals surface area contributed by atoms with Crippen LogP contribution < -0.4 is 10.3 Å². The first-order valence-corrected chi connectivity index (χ1v) is 9.38. The minimum Gasteiger partial charge on any atom is -0.479 e. The van der Waals surface area contributed by atoms with Crippen LogP contribution in [0.4, 0.5) is 5.69 Å². The van der Waals surface area contributed by atoms with Crippen molar-refractivity contribution in [2.45, 2.75) is 20.0 Å². The Balaban J connectivity index is 2.10. The molecule has 0 amide bonds. The van der Waals surface area contributed by atoms with Gasteiger partial charge in [0, 0.05) is 22.2 Å². The number of carboxylic acid groups (broad SMARTS) is 1. The van der Waals surface area contributed by atoms with Crippen LogP contribution in [0.25, 0.3) is 10.9 Å². The Morgan fingerprint density at radius 3 is 2.77 bits per heavy atom. The fraction of sp³-hybridized carbons (Fsp3) is 0.158. The average molecular weight is 475 g/mol. The van der Waals surface area contributed by atoms with Gasteiger partial charge in [0.25, 0.3) is 11.2 Å². The normalized spacial score (nSPS) is 12.2. The van der Waals surface area contributed by atoms with Gasteiger partial charge in [0.2, 0.25) is 0 Å². The number of aryl methyl sites for hydroxylation is 1. The molecule has 1 atom stereocenters. The molecule has 154 valence electrons. The molecule has 0 unspecified atom stereocenters. The monoisotopic (exact) mass is 474 g/mol. The van der Waals surface area contributed by atoms with Gasteiger partial charge in [-0.3, -0.25) is 14.9 Å². The summed E-state index contributed by atoms with van der Waals surface area (Å²) in [5.74, 6) is -0.827. The van der Waals surface area contributed by atoms with Crippen molar-refractivity contribution in [2.75, 3.05) is 0 Å². The minimum absolute atomic E-state index is 0.0708.